The molecular formula is C16H23NO. The van der Waals surface area contributed by atoms with Gasteiger partial charge in [0.2, 0.25) is 0 Å². The Morgan fingerprint density at radius 3 is 2.56 bits per heavy atom. The van der Waals surface area contributed by atoms with Gasteiger partial charge in [-0.25, -0.2) is 0 Å². The van der Waals surface area contributed by atoms with E-state index in [1.54, 1.807) is 0 Å². The summed E-state index contributed by atoms with van der Waals surface area (Å²) < 4.78 is 0. The second-order valence-electron chi connectivity index (χ2n) is 6.17. The number of aliphatic hydroxyl groups is 1. The van der Waals surface area contributed by atoms with Crippen LogP contribution in [0.4, 0.5) is 0 Å². The Morgan fingerprint density at radius 1 is 1.17 bits per heavy atom. The molecule has 0 spiro atoms. The lowest BCUT2D eigenvalue weighted by atomic mass is 9.86. The number of rotatable bonds is 4. The topological polar surface area (TPSA) is 23.5 Å². The first-order valence-corrected chi connectivity index (χ1v) is 7.14. The summed E-state index contributed by atoms with van der Waals surface area (Å²) in [6.07, 6.45) is 3.82. The maximum absolute atomic E-state index is 10.3. The molecule has 2 heteroatoms. The van der Waals surface area contributed by atoms with Gasteiger partial charge in [0.15, 0.2) is 0 Å². The van der Waals surface area contributed by atoms with Crippen LogP contribution in [0.1, 0.15) is 24.8 Å². The van der Waals surface area contributed by atoms with Gasteiger partial charge in [-0.05, 0) is 43.7 Å². The molecule has 0 heterocycles. The first-order chi connectivity index (χ1) is 8.74. The van der Waals surface area contributed by atoms with Crippen molar-refractivity contribution in [1.29, 1.82) is 0 Å². The Hall–Kier alpha value is -0.860. The van der Waals surface area contributed by atoms with Crippen LogP contribution in [0.15, 0.2) is 30.3 Å². The lowest BCUT2D eigenvalue weighted by molar-refractivity contribution is 0.0410. The van der Waals surface area contributed by atoms with Crippen molar-refractivity contribution in [3.8, 4) is 0 Å². The highest BCUT2D eigenvalue weighted by Gasteiger charge is 2.46. The molecule has 1 N–H and O–H groups in total. The van der Waals surface area contributed by atoms with Gasteiger partial charge in [0.1, 0.15) is 0 Å². The van der Waals surface area contributed by atoms with Crippen molar-refractivity contribution in [3.05, 3.63) is 35.9 Å². The highest BCUT2D eigenvalue weighted by Crippen LogP contribution is 2.48. The smallest absolute Gasteiger partial charge is 0.0611 e. The number of hydrogen-bond acceptors (Lipinski definition) is 2. The quantitative estimate of drug-likeness (QED) is 0.881. The fourth-order valence-corrected chi connectivity index (χ4v) is 3.96. The van der Waals surface area contributed by atoms with Gasteiger partial charge in [0, 0.05) is 19.0 Å². The molecule has 0 radical (unpaired) electrons. The first kappa shape index (κ1) is 12.2. The van der Waals surface area contributed by atoms with Crippen LogP contribution in [-0.4, -0.2) is 29.7 Å². The van der Waals surface area contributed by atoms with E-state index in [1.807, 2.05) is 0 Å². The molecule has 0 unspecified atom stereocenters. The number of fused-ring (bicyclic) bond motifs is 2. The average molecular weight is 245 g/mol. The molecule has 2 aliphatic rings. The normalized spacial score (nSPS) is 34.4. The Labute approximate surface area is 110 Å². The van der Waals surface area contributed by atoms with Crippen LogP contribution < -0.4 is 0 Å². The maximum Gasteiger partial charge on any atom is 0.0611 e. The molecule has 18 heavy (non-hydrogen) atoms. The summed E-state index contributed by atoms with van der Waals surface area (Å²) in [6, 6.07) is 10.6. The fourth-order valence-electron chi connectivity index (χ4n) is 3.96. The van der Waals surface area contributed by atoms with Crippen LogP contribution in [0.3, 0.4) is 0 Å². The van der Waals surface area contributed by atoms with Crippen LogP contribution >= 0.6 is 0 Å². The van der Waals surface area contributed by atoms with Crippen molar-refractivity contribution in [3.63, 3.8) is 0 Å². The maximum atomic E-state index is 10.3. The van der Waals surface area contributed by atoms with E-state index in [-0.39, 0.29) is 6.10 Å². The summed E-state index contributed by atoms with van der Waals surface area (Å²) >= 11 is 0. The summed E-state index contributed by atoms with van der Waals surface area (Å²) in [5.41, 5.74) is 1.36. The van der Waals surface area contributed by atoms with E-state index < -0.39 is 0 Å². The molecular weight excluding hydrogens is 222 g/mol. The fraction of sp³-hybridized carbons (Fsp3) is 0.625. The van der Waals surface area contributed by atoms with E-state index in [2.05, 4.69) is 42.3 Å². The van der Waals surface area contributed by atoms with Crippen molar-refractivity contribution in [2.45, 2.75) is 31.9 Å². The molecule has 0 saturated heterocycles. The van der Waals surface area contributed by atoms with Gasteiger partial charge >= 0.3 is 0 Å². The lowest BCUT2D eigenvalue weighted by Crippen LogP contribution is -2.36. The van der Waals surface area contributed by atoms with Gasteiger partial charge in [-0.3, -0.25) is 0 Å². The molecule has 4 atom stereocenters. The minimum Gasteiger partial charge on any atom is -0.392 e. The predicted molar refractivity (Wildman–Crippen MR) is 73.1 cm³/mol. The van der Waals surface area contributed by atoms with Crippen LogP contribution in [0.5, 0.6) is 0 Å². The summed E-state index contributed by atoms with van der Waals surface area (Å²) in [7, 11) is 2.17. The van der Waals surface area contributed by atoms with Crippen LogP contribution in [0, 0.1) is 17.8 Å². The zero-order valence-corrected chi connectivity index (χ0v) is 11.1. The van der Waals surface area contributed by atoms with E-state index in [1.165, 1.54) is 24.8 Å². The average Bonchev–Trinajstić information content (AvgIpc) is 2.94. The zero-order chi connectivity index (χ0) is 12.5. The highest BCUT2D eigenvalue weighted by molar-refractivity contribution is 5.14. The van der Waals surface area contributed by atoms with Gasteiger partial charge in [-0.1, -0.05) is 30.3 Å². The molecule has 2 aliphatic carbocycles. The SMILES string of the molecule is CN(Cc1ccccc1)C[C@H]1[C@@H]2CC[C@@H](C2)[C@@H]1O. The minimum atomic E-state index is -0.0398. The van der Waals surface area contributed by atoms with Gasteiger partial charge in [0.05, 0.1) is 6.10 Å². The van der Waals surface area contributed by atoms with Crippen molar-refractivity contribution < 1.29 is 5.11 Å². The number of hydrogen-bond donors (Lipinski definition) is 1. The summed E-state index contributed by atoms with van der Waals surface area (Å²) in [5, 5.41) is 10.3. The molecule has 0 amide bonds. The van der Waals surface area contributed by atoms with E-state index in [0.29, 0.717) is 11.8 Å². The van der Waals surface area contributed by atoms with Crippen molar-refractivity contribution in [1.82, 2.24) is 4.90 Å². The molecule has 98 valence electrons. The van der Waals surface area contributed by atoms with E-state index >= 15 is 0 Å². The standard InChI is InChI=1S/C16H23NO/c1-17(10-12-5-3-2-4-6-12)11-15-13-7-8-14(9-13)16(15)18/h2-6,13-16,18H,7-11H2,1H3/t13-,14+,15+,16+/m1/s1. The first-order valence-electron chi connectivity index (χ1n) is 7.14. The van der Waals surface area contributed by atoms with E-state index in [4.69, 9.17) is 0 Å². The monoisotopic (exact) mass is 245 g/mol. The molecule has 0 aromatic heterocycles. The second kappa shape index (κ2) is 5.02. The Balaban J connectivity index is 1.57. The van der Waals surface area contributed by atoms with Crippen LogP contribution in [0.2, 0.25) is 0 Å². The van der Waals surface area contributed by atoms with E-state index in [0.717, 1.165) is 19.0 Å². The number of nitrogens with zero attached hydrogens (tertiary/aromatic N) is 1. The van der Waals surface area contributed by atoms with Crippen molar-refractivity contribution >= 4 is 0 Å². The summed E-state index contributed by atoms with van der Waals surface area (Å²) in [6.45, 7) is 2.03. The number of benzene rings is 1. The van der Waals surface area contributed by atoms with E-state index in [9.17, 15) is 5.11 Å². The molecule has 3 rings (SSSR count). The third-order valence-corrected chi connectivity index (χ3v) is 4.86. The molecule has 0 aliphatic heterocycles. The van der Waals surface area contributed by atoms with Crippen molar-refractivity contribution in [2.75, 3.05) is 13.6 Å². The second-order valence-corrected chi connectivity index (χ2v) is 6.17. The minimum absolute atomic E-state index is 0.0398. The van der Waals surface area contributed by atoms with Crippen LogP contribution in [-0.2, 0) is 6.54 Å². The lowest BCUT2D eigenvalue weighted by Gasteiger charge is -2.31. The van der Waals surface area contributed by atoms with Gasteiger partial charge in [-0.15, -0.1) is 0 Å². The predicted octanol–water partition coefficient (Wildman–Crippen LogP) is 2.53. The Morgan fingerprint density at radius 2 is 1.89 bits per heavy atom. The Bertz CT molecular complexity index is 389. The molecule has 1 aromatic rings. The number of aliphatic hydroxyl groups excluding tert-OH is 1. The van der Waals surface area contributed by atoms with Gasteiger partial charge in [-0.2, -0.15) is 0 Å². The summed E-state index contributed by atoms with van der Waals surface area (Å²) in [4.78, 5) is 2.37. The third-order valence-electron chi connectivity index (χ3n) is 4.86. The molecule has 2 saturated carbocycles. The van der Waals surface area contributed by atoms with Crippen LogP contribution in [0.25, 0.3) is 0 Å². The molecule has 1 aromatic carbocycles. The third kappa shape index (κ3) is 2.32. The molecule has 2 bridgehead atoms. The molecule has 2 fully saturated rings. The zero-order valence-electron chi connectivity index (χ0n) is 11.1. The highest BCUT2D eigenvalue weighted by atomic mass is 16.3. The molecule has 2 nitrogen and oxygen atoms in total. The largest absolute Gasteiger partial charge is 0.392 e. The Kier molecular flexibility index (Phi) is 3.40. The summed E-state index contributed by atoms with van der Waals surface area (Å²) in [5.74, 6) is 1.89. The van der Waals surface area contributed by atoms with Gasteiger partial charge < -0.3 is 10.0 Å². The van der Waals surface area contributed by atoms with Gasteiger partial charge in [0.25, 0.3) is 0 Å². The van der Waals surface area contributed by atoms with Crippen molar-refractivity contribution in [2.24, 2.45) is 17.8 Å².